The van der Waals surface area contributed by atoms with Gasteiger partial charge in [0.25, 0.3) is 0 Å². The molecule has 1 amide bonds. The summed E-state index contributed by atoms with van der Waals surface area (Å²) in [4.78, 5) is 34.7. The molecule has 0 bridgehead atoms. The number of carboxylic acids is 1. The molecule has 1 rings (SSSR count). The van der Waals surface area contributed by atoms with Gasteiger partial charge in [0.15, 0.2) is 0 Å². The van der Waals surface area contributed by atoms with E-state index in [-0.39, 0.29) is 24.9 Å². The Hall–Kier alpha value is -1.93. The Balaban J connectivity index is 2.75. The third-order valence-electron chi connectivity index (χ3n) is 3.56. The molecule has 0 saturated carbocycles. The second-order valence-electron chi connectivity index (χ2n) is 7.02. The van der Waals surface area contributed by atoms with Crippen LogP contribution in [-0.4, -0.2) is 34.6 Å². The van der Waals surface area contributed by atoms with E-state index in [2.05, 4.69) is 21.2 Å². The molecule has 4 N–H and O–H groups in total. The largest absolute Gasteiger partial charge is 0.478 e. The molecule has 0 aliphatic carbocycles. The number of amides is 1. The predicted molar refractivity (Wildman–Crippen MR) is 101 cm³/mol. The summed E-state index contributed by atoms with van der Waals surface area (Å²) in [6.07, 6.45) is 0.243. The quantitative estimate of drug-likeness (QED) is 0.547. The number of ether oxygens (including phenoxy) is 1. The Morgan fingerprint density at radius 1 is 1.31 bits per heavy atom. The third kappa shape index (κ3) is 7.13. The van der Waals surface area contributed by atoms with Gasteiger partial charge in [-0.15, -0.1) is 0 Å². The monoisotopic (exact) mass is 428 g/mol. The number of hydrogen-bond donors (Lipinski definition) is 3. The van der Waals surface area contributed by atoms with Crippen molar-refractivity contribution in [3.8, 4) is 0 Å². The van der Waals surface area contributed by atoms with Crippen LogP contribution in [0.15, 0.2) is 16.6 Å². The number of hydrogen-bond acceptors (Lipinski definition) is 5. The average molecular weight is 429 g/mol. The summed E-state index contributed by atoms with van der Waals surface area (Å²) in [5.41, 5.74) is 6.30. The van der Waals surface area contributed by atoms with Crippen molar-refractivity contribution in [1.29, 1.82) is 0 Å². The number of nitrogens with two attached hydrogens (primary N) is 1. The van der Waals surface area contributed by atoms with Crippen LogP contribution in [0.1, 0.15) is 55.1 Å². The summed E-state index contributed by atoms with van der Waals surface area (Å²) < 4.78 is 5.94. The van der Waals surface area contributed by atoms with Crippen LogP contribution >= 0.6 is 15.9 Å². The first-order chi connectivity index (χ1) is 11.9. The van der Waals surface area contributed by atoms with E-state index in [1.807, 2.05) is 0 Å². The first-order valence-corrected chi connectivity index (χ1v) is 8.97. The Labute approximate surface area is 161 Å². The maximum absolute atomic E-state index is 11.8. The molecule has 0 aromatic heterocycles. The van der Waals surface area contributed by atoms with Crippen molar-refractivity contribution in [2.24, 2.45) is 5.73 Å². The topological polar surface area (TPSA) is 119 Å². The second-order valence-corrected chi connectivity index (χ2v) is 7.88. The van der Waals surface area contributed by atoms with Crippen LogP contribution in [0.2, 0.25) is 0 Å². The van der Waals surface area contributed by atoms with Crippen molar-refractivity contribution in [2.45, 2.75) is 58.7 Å². The highest BCUT2D eigenvalue weighted by Gasteiger charge is 2.21. The molecule has 0 fully saturated rings. The molecule has 8 heteroatoms. The first kappa shape index (κ1) is 22.1. The van der Waals surface area contributed by atoms with Gasteiger partial charge in [-0.3, -0.25) is 9.59 Å². The molecule has 7 nitrogen and oxygen atoms in total. The van der Waals surface area contributed by atoms with Crippen LogP contribution in [0.4, 0.5) is 0 Å². The van der Waals surface area contributed by atoms with Crippen molar-refractivity contribution in [3.05, 3.63) is 33.3 Å². The number of aryl methyl sites for hydroxylation is 1. The molecule has 0 radical (unpaired) electrons. The van der Waals surface area contributed by atoms with Gasteiger partial charge >= 0.3 is 11.9 Å². The molecule has 0 heterocycles. The van der Waals surface area contributed by atoms with Gasteiger partial charge in [0, 0.05) is 17.4 Å². The lowest BCUT2D eigenvalue weighted by Crippen LogP contribution is -2.41. The fourth-order valence-corrected chi connectivity index (χ4v) is 2.91. The third-order valence-corrected chi connectivity index (χ3v) is 4.30. The van der Waals surface area contributed by atoms with Gasteiger partial charge in [-0.1, -0.05) is 15.9 Å². The van der Waals surface area contributed by atoms with Gasteiger partial charge in [0.1, 0.15) is 5.60 Å². The molecule has 0 saturated heterocycles. The molecule has 26 heavy (non-hydrogen) atoms. The molecule has 144 valence electrons. The van der Waals surface area contributed by atoms with E-state index >= 15 is 0 Å². The second kappa shape index (κ2) is 9.14. The SMILES string of the molecule is Cc1cc(Br)c(CN[C@@H](CCC(=O)OC(C)(C)C)C(N)=O)cc1C(=O)O. The fourth-order valence-electron chi connectivity index (χ4n) is 2.32. The Morgan fingerprint density at radius 3 is 2.42 bits per heavy atom. The van der Waals surface area contributed by atoms with Crippen LogP contribution < -0.4 is 11.1 Å². The van der Waals surface area contributed by atoms with Gasteiger partial charge in [-0.05, 0) is 57.4 Å². The molecule has 1 aromatic carbocycles. The maximum Gasteiger partial charge on any atom is 0.335 e. The summed E-state index contributed by atoms with van der Waals surface area (Å²) >= 11 is 3.39. The molecule has 0 spiro atoms. The number of rotatable bonds is 8. The Bertz CT molecular complexity index is 698. The van der Waals surface area contributed by atoms with Crippen LogP contribution in [0.3, 0.4) is 0 Å². The van der Waals surface area contributed by atoms with E-state index in [9.17, 15) is 19.5 Å². The number of carboxylic acid groups (broad SMARTS) is 1. The van der Waals surface area contributed by atoms with E-state index < -0.39 is 29.5 Å². The minimum atomic E-state index is -1.02. The standard InChI is InChI=1S/C18H25BrN2O5/c1-10-7-13(19)11(8-12(10)17(24)25)9-21-14(16(20)23)5-6-15(22)26-18(2,3)4/h7-8,14,21H,5-6,9H2,1-4H3,(H2,20,23)(H,24,25)/t14-/m0/s1. The average Bonchev–Trinajstić information content (AvgIpc) is 2.46. The minimum Gasteiger partial charge on any atom is -0.478 e. The van der Waals surface area contributed by atoms with Gasteiger partial charge in [-0.25, -0.2) is 4.79 Å². The molecule has 1 aromatic rings. The van der Waals surface area contributed by atoms with Gasteiger partial charge < -0.3 is 20.9 Å². The summed E-state index contributed by atoms with van der Waals surface area (Å²) in [5, 5.41) is 12.2. The lowest BCUT2D eigenvalue weighted by atomic mass is 10.0. The highest BCUT2D eigenvalue weighted by molar-refractivity contribution is 9.10. The highest BCUT2D eigenvalue weighted by atomic mass is 79.9. The fraction of sp³-hybridized carbons (Fsp3) is 0.500. The van der Waals surface area contributed by atoms with E-state index in [4.69, 9.17) is 10.5 Å². The van der Waals surface area contributed by atoms with E-state index in [0.717, 1.165) is 4.47 Å². The zero-order valence-corrected chi connectivity index (χ0v) is 17.0. The Kier molecular flexibility index (Phi) is 7.77. The van der Waals surface area contributed by atoms with Gasteiger partial charge in [0.2, 0.25) is 5.91 Å². The minimum absolute atomic E-state index is 0.0489. The summed E-state index contributed by atoms with van der Waals surface area (Å²) in [6, 6.07) is 2.52. The maximum atomic E-state index is 11.8. The lowest BCUT2D eigenvalue weighted by molar-refractivity contribution is -0.155. The van der Waals surface area contributed by atoms with E-state index in [1.54, 1.807) is 39.8 Å². The molecular weight excluding hydrogens is 404 g/mol. The van der Waals surface area contributed by atoms with Crippen LogP contribution in [0, 0.1) is 6.92 Å². The molecule has 0 aliphatic rings. The number of primary amides is 1. The molecule has 0 unspecified atom stereocenters. The summed E-state index contributed by atoms with van der Waals surface area (Å²) in [7, 11) is 0. The normalized spacial score (nSPS) is 12.5. The Morgan fingerprint density at radius 2 is 1.92 bits per heavy atom. The molecule has 1 atom stereocenters. The smallest absolute Gasteiger partial charge is 0.335 e. The van der Waals surface area contributed by atoms with E-state index in [1.165, 1.54) is 0 Å². The van der Waals surface area contributed by atoms with Crippen LogP contribution in [-0.2, 0) is 20.9 Å². The van der Waals surface area contributed by atoms with Crippen LogP contribution in [0.5, 0.6) is 0 Å². The number of benzene rings is 1. The van der Waals surface area contributed by atoms with Crippen molar-refractivity contribution >= 4 is 33.8 Å². The van der Waals surface area contributed by atoms with E-state index in [0.29, 0.717) is 11.1 Å². The first-order valence-electron chi connectivity index (χ1n) is 8.17. The van der Waals surface area contributed by atoms with Crippen molar-refractivity contribution in [1.82, 2.24) is 5.32 Å². The predicted octanol–water partition coefficient (Wildman–Crippen LogP) is 2.52. The lowest BCUT2D eigenvalue weighted by Gasteiger charge is -2.21. The highest BCUT2D eigenvalue weighted by Crippen LogP contribution is 2.22. The number of carbonyl (C=O) groups excluding carboxylic acids is 2. The van der Waals surface area contributed by atoms with Gasteiger partial charge in [-0.2, -0.15) is 0 Å². The number of nitrogens with one attached hydrogen (secondary N) is 1. The number of halogens is 1. The number of aromatic carboxylic acids is 1. The number of esters is 1. The molecular formula is C18H25BrN2O5. The molecule has 0 aliphatic heterocycles. The van der Waals surface area contributed by atoms with Crippen molar-refractivity contribution in [3.63, 3.8) is 0 Å². The summed E-state index contributed by atoms with van der Waals surface area (Å²) in [5.74, 6) is -2.02. The zero-order chi connectivity index (χ0) is 20.1. The zero-order valence-electron chi connectivity index (χ0n) is 15.4. The number of carbonyl (C=O) groups is 3. The van der Waals surface area contributed by atoms with Crippen molar-refractivity contribution < 1.29 is 24.2 Å². The van der Waals surface area contributed by atoms with Crippen molar-refractivity contribution in [2.75, 3.05) is 0 Å². The summed E-state index contributed by atoms with van der Waals surface area (Å²) in [6.45, 7) is 7.23. The van der Waals surface area contributed by atoms with Crippen LogP contribution in [0.25, 0.3) is 0 Å². The van der Waals surface area contributed by atoms with Gasteiger partial charge in [0.05, 0.1) is 11.6 Å².